The number of amides is 1. The number of nitrogen functional groups attached to an aromatic ring is 1. The molecule has 0 radical (unpaired) electrons. The Labute approximate surface area is 105 Å². The fourth-order valence-corrected chi connectivity index (χ4v) is 1.83. The molecule has 0 fully saturated rings. The Hall–Kier alpha value is -2.17. The van der Waals surface area contributed by atoms with Crippen LogP contribution in [0.4, 0.5) is 0 Å². The first-order valence-corrected chi connectivity index (χ1v) is 5.57. The highest BCUT2D eigenvalue weighted by molar-refractivity contribution is 5.95. The van der Waals surface area contributed by atoms with Crippen molar-refractivity contribution in [3.05, 3.63) is 71.3 Å². The molecule has 4 N–H and O–H groups in total. The van der Waals surface area contributed by atoms with Gasteiger partial charge < -0.3 is 5.11 Å². The zero-order chi connectivity index (χ0) is 13.0. The van der Waals surface area contributed by atoms with Crippen molar-refractivity contribution < 1.29 is 9.90 Å². The van der Waals surface area contributed by atoms with Gasteiger partial charge in [0.1, 0.15) is 6.10 Å². The van der Waals surface area contributed by atoms with Gasteiger partial charge in [-0.05, 0) is 17.2 Å². The van der Waals surface area contributed by atoms with E-state index in [0.29, 0.717) is 11.1 Å². The van der Waals surface area contributed by atoms with Crippen LogP contribution in [0.3, 0.4) is 0 Å². The molecule has 1 amide bonds. The number of carbonyl (C=O) groups is 1. The average Bonchev–Trinajstić information content (AvgIpc) is 2.46. The number of benzene rings is 2. The third kappa shape index (κ3) is 2.40. The first kappa shape index (κ1) is 12.3. The van der Waals surface area contributed by atoms with E-state index in [2.05, 4.69) is 5.43 Å². The van der Waals surface area contributed by atoms with Crippen LogP contribution in [-0.4, -0.2) is 11.0 Å². The molecule has 0 aliphatic rings. The van der Waals surface area contributed by atoms with Gasteiger partial charge in [0.05, 0.1) is 0 Å². The number of hydrogen-bond acceptors (Lipinski definition) is 3. The summed E-state index contributed by atoms with van der Waals surface area (Å²) in [6.45, 7) is 0. The smallest absolute Gasteiger partial charge is 0.265 e. The average molecular weight is 242 g/mol. The zero-order valence-corrected chi connectivity index (χ0v) is 9.71. The molecule has 2 rings (SSSR count). The minimum atomic E-state index is -0.848. The molecule has 1 unspecified atom stereocenters. The summed E-state index contributed by atoms with van der Waals surface area (Å²) in [7, 11) is 0. The van der Waals surface area contributed by atoms with Crippen LogP contribution in [0.1, 0.15) is 27.6 Å². The fourth-order valence-electron chi connectivity index (χ4n) is 1.83. The molecule has 4 nitrogen and oxygen atoms in total. The number of aliphatic hydroxyl groups is 1. The quantitative estimate of drug-likeness (QED) is 0.432. The van der Waals surface area contributed by atoms with Gasteiger partial charge in [0, 0.05) is 5.56 Å². The van der Waals surface area contributed by atoms with Crippen molar-refractivity contribution in [3.8, 4) is 0 Å². The number of hydrogen-bond donors (Lipinski definition) is 3. The van der Waals surface area contributed by atoms with Crippen molar-refractivity contribution in [3.63, 3.8) is 0 Å². The Kier molecular flexibility index (Phi) is 3.72. The Bertz CT molecular complexity index is 541. The standard InChI is InChI=1S/C14H14N2O2/c15-16-14(18)12-9-5-4-8-11(12)13(17)10-6-2-1-3-7-10/h1-9,13,17H,15H2,(H,16,18). The molecule has 4 heteroatoms. The minimum absolute atomic E-state index is 0.372. The summed E-state index contributed by atoms with van der Waals surface area (Å²) >= 11 is 0. The van der Waals surface area contributed by atoms with E-state index in [4.69, 9.17) is 5.84 Å². The van der Waals surface area contributed by atoms with Crippen molar-refractivity contribution in [2.24, 2.45) is 5.84 Å². The molecule has 0 heterocycles. The molecule has 2 aromatic carbocycles. The summed E-state index contributed by atoms with van der Waals surface area (Å²) in [4.78, 5) is 11.6. The van der Waals surface area contributed by atoms with E-state index in [1.54, 1.807) is 24.3 Å². The normalized spacial score (nSPS) is 11.9. The van der Waals surface area contributed by atoms with E-state index in [1.165, 1.54) is 0 Å². The highest BCUT2D eigenvalue weighted by Gasteiger charge is 2.17. The van der Waals surface area contributed by atoms with Gasteiger partial charge in [-0.2, -0.15) is 0 Å². The molecule has 92 valence electrons. The van der Waals surface area contributed by atoms with Crippen molar-refractivity contribution in [2.75, 3.05) is 0 Å². The second kappa shape index (κ2) is 5.44. The van der Waals surface area contributed by atoms with Gasteiger partial charge in [-0.25, -0.2) is 5.84 Å². The summed E-state index contributed by atoms with van der Waals surface area (Å²) in [5.41, 5.74) is 3.71. The molecule has 0 aliphatic heterocycles. The molecular formula is C14H14N2O2. The van der Waals surface area contributed by atoms with E-state index < -0.39 is 12.0 Å². The predicted octanol–water partition coefficient (Wildman–Crippen LogP) is 1.37. The van der Waals surface area contributed by atoms with Gasteiger partial charge in [0.15, 0.2) is 0 Å². The summed E-state index contributed by atoms with van der Waals surface area (Å²) in [5, 5.41) is 10.3. The number of hydrazine groups is 1. The van der Waals surface area contributed by atoms with Gasteiger partial charge in [-0.3, -0.25) is 10.2 Å². The van der Waals surface area contributed by atoms with Crippen LogP contribution in [-0.2, 0) is 0 Å². The van der Waals surface area contributed by atoms with Crippen LogP contribution < -0.4 is 11.3 Å². The Morgan fingerprint density at radius 2 is 1.67 bits per heavy atom. The number of aliphatic hydroxyl groups excluding tert-OH is 1. The topological polar surface area (TPSA) is 75.3 Å². The van der Waals surface area contributed by atoms with Crippen LogP contribution in [0.2, 0.25) is 0 Å². The van der Waals surface area contributed by atoms with E-state index in [-0.39, 0.29) is 0 Å². The molecule has 0 aliphatic carbocycles. The lowest BCUT2D eigenvalue weighted by molar-refractivity contribution is 0.0948. The summed E-state index contributed by atoms with van der Waals surface area (Å²) in [5.74, 6) is 4.71. The van der Waals surface area contributed by atoms with Crippen molar-refractivity contribution in [2.45, 2.75) is 6.10 Å². The highest BCUT2D eigenvalue weighted by atomic mass is 16.3. The second-order valence-electron chi connectivity index (χ2n) is 3.87. The van der Waals surface area contributed by atoms with E-state index >= 15 is 0 Å². The SMILES string of the molecule is NNC(=O)c1ccccc1C(O)c1ccccc1. The van der Waals surface area contributed by atoms with Crippen LogP contribution in [0.25, 0.3) is 0 Å². The Morgan fingerprint density at radius 3 is 2.33 bits per heavy atom. The van der Waals surface area contributed by atoms with Gasteiger partial charge in [-0.1, -0.05) is 48.5 Å². The van der Waals surface area contributed by atoms with Crippen LogP contribution in [0, 0.1) is 0 Å². The van der Waals surface area contributed by atoms with Gasteiger partial charge in [0.2, 0.25) is 0 Å². The molecule has 0 aromatic heterocycles. The van der Waals surface area contributed by atoms with Crippen molar-refractivity contribution >= 4 is 5.91 Å². The lowest BCUT2D eigenvalue weighted by Gasteiger charge is -2.14. The molecule has 2 aromatic rings. The predicted molar refractivity (Wildman–Crippen MR) is 68.6 cm³/mol. The third-order valence-electron chi connectivity index (χ3n) is 2.75. The molecule has 0 spiro atoms. The molecule has 1 atom stereocenters. The monoisotopic (exact) mass is 242 g/mol. The molecule has 0 bridgehead atoms. The minimum Gasteiger partial charge on any atom is -0.384 e. The van der Waals surface area contributed by atoms with Crippen LogP contribution in [0.5, 0.6) is 0 Å². The highest BCUT2D eigenvalue weighted by Crippen LogP contribution is 2.24. The summed E-state index contributed by atoms with van der Waals surface area (Å²) in [6, 6.07) is 16.0. The first-order valence-electron chi connectivity index (χ1n) is 5.57. The fraction of sp³-hybridized carbons (Fsp3) is 0.0714. The Morgan fingerprint density at radius 1 is 1.06 bits per heavy atom. The van der Waals surface area contributed by atoms with Crippen molar-refractivity contribution in [1.29, 1.82) is 0 Å². The number of rotatable bonds is 3. The van der Waals surface area contributed by atoms with Gasteiger partial charge in [0.25, 0.3) is 5.91 Å². The maximum Gasteiger partial charge on any atom is 0.265 e. The summed E-state index contributed by atoms with van der Waals surface area (Å²) < 4.78 is 0. The Balaban J connectivity index is 2.42. The summed E-state index contributed by atoms with van der Waals surface area (Å²) in [6.07, 6.45) is -0.848. The lowest BCUT2D eigenvalue weighted by atomic mass is 9.96. The van der Waals surface area contributed by atoms with E-state index in [0.717, 1.165) is 5.56 Å². The van der Waals surface area contributed by atoms with E-state index in [9.17, 15) is 9.90 Å². The van der Waals surface area contributed by atoms with Gasteiger partial charge in [-0.15, -0.1) is 0 Å². The van der Waals surface area contributed by atoms with Crippen LogP contribution in [0.15, 0.2) is 54.6 Å². The maximum absolute atomic E-state index is 11.6. The molecule has 0 saturated heterocycles. The molecule has 0 saturated carbocycles. The molecular weight excluding hydrogens is 228 g/mol. The van der Waals surface area contributed by atoms with Crippen LogP contribution >= 0.6 is 0 Å². The van der Waals surface area contributed by atoms with Crippen molar-refractivity contribution in [1.82, 2.24) is 5.43 Å². The third-order valence-corrected chi connectivity index (χ3v) is 2.75. The zero-order valence-electron chi connectivity index (χ0n) is 9.71. The first-order chi connectivity index (χ1) is 8.74. The lowest BCUT2D eigenvalue weighted by Crippen LogP contribution is -2.31. The maximum atomic E-state index is 11.6. The molecule has 18 heavy (non-hydrogen) atoms. The van der Waals surface area contributed by atoms with Gasteiger partial charge >= 0.3 is 0 Å². The number of carbonyl (C=O) groups excluding carboxylic acids is 1. The number of nitrogens with two attached hydrogens (primary N) is 1. The second-order valence-corrected chi connectivity index (χ2v) is 3.87. The number of nitrogens with one attached hydrogen (secondary N) is 1. The largest absolute Gasteiger partial charge is 0.384 e. The van der Waals surface area contributed by atoms with E-state index in [1.807, 2.05) is 30.3 Å².